The van der Waals surface area contributed by atoms with E-state index in [4.69, 9.17) is 12.2 Å². The van der Waals surface area contributed by atoms with Crippen molar-refractivity contribution < 1.29 is 9.72 Å². The lowest BCUT2D eigenvalue weighted by Crippen LogP contribution is -2.34. The van der Waals surface area contributed by atoms with Crippen molar-refractivity contribution in [1.29, 1.82) is 0 Å². The van der Waals surface area contributed by atoms with Gasteiger partial charge in [0, 0.05) is 12.5 Å². The zero-order valence-corrected chi connectivity index (χ0v) is 13.9. The van der Waals surface area contributed by atoms with E-state index < -0.39 is 4.92 Å². The van der Waals surface area contributed by atoms with Crippen LogP contribution in [0.1, 0.15) is 17.5 Å². The van der Waals surface area contributed by atoms with Crippen molar-refractivity contribution in [3.8, 4) is 0 Å². The van der Waals surface area contributed by atoms with Gasteiger partial charge in [-0.3, -0.25) is 14.9 Å². The summed E-state index contributed by atoms with van der Waals surface area (Å²) in [5.74, 6) is -0.244. The predicted molar refractivity (Wildman–Crippen MR) is 97.0 cm³/mol. The molecule has 6 nitrogen and oxygen atoms in total. The largest absolute Gasteiger partial charge is 0.327 e. The second kappa shape index (κ2) is 8.16. The molecule has 0 saturated heterocycles. The topological polar surface area (TPSA) is 84.3 Å². The molecule has 0 spiro atoms. The Morgan fingerprint density at radius 1 is 1.21 bits per heavy atom. The zero-order valence-electron chi connectivity index (χ0n) is 13.1. The molecule has 0 saturated carbocycles. The number of aryl methyl sites for hydroxylation is 2. The summed E-state index contributed by atoms with van der Waals surface area (Å²) in [5, 5.41) is 16.4. The molecule has 7 heteroatoms. The van der Waals surface area contributed by atoms with Crippen molar-refractivity contribution in [3.63, 3.8) is 0 Å². The van der Waals surface area contributed by atoms with E-state index in [1.165, 1.54) is 6.07 Å². The first-order chi connectivity index (χ1) is 11.5. The molecule has 2 aromatic carbocycles. The third-order valence-corrected chi connectivity index (χ3v) is 3.54. The van der Waals surface area contributed by atoms with Crippen molar-refractivity contribution in [2.24, 2.45) is 0 Å². The van der Waals surface area contributed by atoms with Crippen LogP contribution in [0.25, 0.3) is 0 Å². The molecule has 2 aromatic rings. The number of thiocarbonyl (C=S) groups is 1. The maximum absolute atomic E-state index is 11.9. The number of carbonyl (C=O) groups excluding carboxylic acids is 1. The predicted octanol–water partition coefficient (Wildman–Crippen LogP) is 3.35. The number of nitro groups is 1. The maximum Gasteiger partial charge on any atom is 0.292 e. The van der Waals surface area contributed by atoms with E-state index in [0.29, 0.717) is 6.42 Å². The summed E-state index contributed by atoms with van der Waals surface area (Å²) in [5.41, 5.74) is 1.99. The first-order valence-corrected chi connectivity index (χ1v) is 7.76. The molecule has 0 aliphatic heterocycles. The van der Waals surface area contributed by atoms with Gasteiger partial charge in [-0.15, -0.1) is 0 Å². The molecule has 0 radical (unpaired) electrons. The number of hydrogen-bond donors (Lipinski definition) is 2. The highest BCUT2D eigenvalue weighted by atomic mass is 32.1. The van der Waals surface area contributed by atoms with Gasteiger partial charge in [0.25, 0.3) is 5.69 Å². The summed E-state index contributed by atoms with van der Waals surface area (Å²) in [6.45, 7) is 1.76. The van der Waals surface area contributed by atoms with E-state index >= 15 is 0 Å². The van der Waals surface area contributed by atoms with Gasteiger partial charge in [0.05, 0.1) is 4.92 Å². The number of rotatable bonds is 5. The summed E-state index contributed by atoms with van der Waals surface area (Å²) >= 11 is 5.06. The molecule has 0 aliphatic carbocycles. The zero-order chi connectivity index (χ0) is 17.5. The highest BCUT2D eigenvalue weighted by Gasteiger charge is 2.15. The molecular formula is C17H17N3O3S. The molecule has 2 N–H and O–H groups in total. The van der Waals surface area contributed by atoms with Crippen molar-refractivity contribution in [1.82, 2.24) is 5.32 Å². The Balaban J connectivity index is 1.91. The van der Waals surface area contributed by atoms with Crippen molar-refractivity contribution in [2.75, 3.05) is 5.32 Å². The molecule has 0 atom stereocenters. The first kappa shape index (κ1) is 17.6. The van der Waals surface area contributed by atoms with E-state index in [1.54, 1.807) is 19.1 Å². The molecular weight excluding hydrogens is 326 g/mol. The summed E-state index contributed by atoms with van der Waals surface area (Å²) in [6.07, 6.45) is 0.877. The minimum absolute atomic E-state index is 0.0417. The van der Waals surface area contributed by atoms with Crippen molar-refractivity contribution in [3.05, 3.63) is 69.8 Å². The Bertz CT molecular complexity index is 763. The molecule has 1 amide bonds. The van der Waals surface area contributed by atoms with E-state index in [0.717, 1.165) is 11.1 Å². The van der Waals surface area contributed by atoms with Crippen LogP contribution in [0.15, 0.2) is 48.5 Å². The van der Waals surface area contributed by atoms with Crippen molar-refractivity contribution in [2.45, 2.75) is 19.8 Å². The van der Waals surface area contributed by atoms with Crippen LogP contribution in [0.4, 0.5) is 11.4 Å². The molecule has 0 aliphatic rings. The van der Waals surface area contributed by atoms with Gasteiger partial charge in [-0.2, -0.15) is 0 Å². The highest BCUT2D eigenvalue weighted by molar-refractivity contribution is 7.80. The molecule has 0 aromatic heterocycles. The second-order valence-corrected chi connectivity index (χ2v) is 5.67. The van der Waals surface area contributed by atoms with E-state index in [-0.39, 0.29) is 28.8 Å². The quantitative estimate of drug-likeness (QED) is 0.494. The molecule has 0 unspecified atom stereocenters. The van der Waals surface area contributed by atoms with Gasteiger partial charge in [-0.25, -0.2) is 0 Å². The number of nitrogens with zero attached hydrogens (tertiary/aromatic N) is 1. The van der Waals surface area contributed by atoms with Gasteiger partial charge < -0.3 is 10.6 Å². The number of anilines is 1. The monoisotopic (exact) mass is 343 g/mol. The Kier molecular flexibility index (Phi) is 5.97. The normalized spacial score (nSPS) is 10.0. The maximum atomic E-state index is 11.9. The fraction of sp³-hybridized carbons (Fsp3) is 0.176. The van der Waals surface area contributed by atoms with Crippen LogP contribution in [-0.4, -0.2) is 15.9 Å². The first-order valence-electron chi connectivity index (χ1n) is 7.35. The number of amides is 1. The number of benzene rings is 2. The van der Waals surface area contributed by atoms with E-state index in [2.05, 4.69) is 10.6 Å². The number of carbonyl (C=O) groups is 1. The Hall–Kier alpha value is -2.80. The van der Waals surface area contributed by atoms with Gasteiger partial charge in [0.2, 0.25) is 5.91 Å². The van der Waals surface area contributed by atoms with Gasteiger partial charge >= 0.3 is 0 Å². The average molecular weight is 343 g/mol. The van der Waals surface area contributed by atoms with Gasteiger partial charge in [0.1, 0.15) is 5.69 Å². The molecule has 124 valence electrons. The van der Waals surface area contributed by atoms with E-state index in [9.17, 15) is 14.9 Å². The van der Waals surface area contributed by atoms with Crippen LogP contribution in [0.3, 0.4) is 0 Å². The minimum Gasteiger partial charge on any atom is -0.327 e. The average Bonchev–Trinajstić information content (AvgIpc) is 2.55. The Labute approximate surface area is 145 Å². The van der Waals surface area contributed by atoms with Crippen LogP contribution in [0.5, 0.6) is 0 Å². The Morgan fingerprint density at radius 2 is 1.92 bits per heavy atom. The summed E-state index contributed by atoms with van der Waals surface area (Å²) in [7, 11) is 0. The minimum atomic E-state index is -0.491. The lowest BCUT2D eigenvalue weighted by atomic mass is 10.1. The van der Waals surface area contributed by atoms with Crippen molar-refractivity contribution >= 4 is 34.6 Å². The van der Waals surface area contributed by atoms with Gasteiger partial charge in [0.15, 0.2) is 5.11 Å². The summed E-state index contributed by atoms with van der Waals surface area (Å²) < 4.78 is 0. The van der Waals surface area contributed by atoms with Gasteiger partial charge in [-0.1, -0.05) is 36.4 Å². The van der Waals surface area contributed by atoms with E-state index in [1.807, 2.05) is 30.3 Å². The van der Waals surface area contributed by atoms with Crippen LogP contribution >= 0.6 is 12.2 Å². The van der Waals surface area contributed by atoms with Crippen LogP contribution in [0, 0.1) is 17.0 Å². The highest BCUT2D eigenvalue weighted by Crippen LogP contribution is 2.25. The van der Waals surface area contributed by atoms with Crippen LogP contribution in [0.2, 0.25) is 0 Å². The molecule has 0 fully saturated rings. The second-order valence-electron chi connectivity index (χ2n) is 5.27. The van der Waals surface area contributed by atoms with Gasteiger partial charge in [-0.05, 0) is 42.8 Å². The number of nitro benzene ring substituents is 1. The lowest BCUT2D eigenvalue weighted by molar-refractivity contribution is -0.383. The molecule has 24 heavy (non-hydrogen) atoms. The fourth-order valence-corrected chi connectivity index (χ4v) is 2.37. The summed E-state index contributed by atoms with van der Waals surface area (Å²) in [4.78, 5) is 22.5. The lowest BCUT2D eigenvalue weighted by Gasteiger charge is -2.10. The standard InChI is InChI=1S/C17H17N3O3S/c1-12-7-9-14(15(11-12)20(22)23)18-17(24)19-16(21)10-8-13-5-3-2-4-6-13/h2-7,9,11H,8,10H2,1H3,(H2,18,19,21,24). The Morgan fingerprint density at radius 3 is 2.58 bits per heavy atom. The van der Waals surface area contributed by atoms with Crippen LogP contribution < -0.4 is 10.6 Å². The van der Waals surface area contributed by atoms with Crippen LogP contribution in [-0.2, 0) is 11.2 Å². The molecule has 0 heterocycles. The smallest absolute Gasteiger partial charge is 0.292 e. The molecule has 2 rings (SSSR count). The molecule has 0 bridgehead atoms. The summed E-state index contributed by atoms with van der Waals surface area (Å²) in [6, 6.07) is 14.4. The number of nitrogens with one attached hydrogen (secondary N) is 2. The number of hydrogen-bond acceptors (Lipinski definition) is 4. The SMILES string of the molecule is Cc1ccc(NC(=S)NC(=O)CCc2ccccc2)c([N+](=O)[O-])c1. The third-order valence-electron chi connectivity index (χ3n) is 3.33. The fourth-order valence-electron chi connectivity index (χ4n) is 2.14. The third kappa shape index (κ3) is 5.13.